The summed E-state index contributed by atoms with van der Waals surface area (Å²) in [6.07, 6.45) is 5.76. The summed E-state index contributed by atoms with van der Waals surface area (Å²) in [7, 11) is 0. The summed E-state index contributed by atoms with van der Waals surface area (Å²) in [5.74, 6) is -0.312. The molecule has 0 bridgehead atoms. The lowest BCUT2D eigenvalue weighted by atomic mass is 9.82. The number of carboxylic acids is 1. The Kier molecular flexibility index (Phi) is 6.30. The molecule has 0 radical (unpaired) electrons. The topological polar surface area (TPSA) is 78.4 Å². The van der Waals surface area contributed by atoms with Gasteiger partial charge in [-0.15, -0.1) is 0 Å². The van der Waals surface area contributed by atoms with E-state index in [-0.39, 0.29) is 12.1 Å². The summed E-state index contributed by atoms with van der Waals surface area (Å²) < 4.78 is 0. The number of carboxylic acid groups (broad SMARTS) is 1. The van der Waals surface area contributed by atoms with Crippen LogP contribution < -0.4 is 10.6 Å². The molecule has 1 rings (SSSR count). The quantitative estimate of drug-likeness (QED) is 0.701. The van der Waals surface area contributed by atoms with E-state index < -0.39 is 11.5 Å². The summed E-state index contributed by atoms with van der Waals surface area (Å²) in [5, 5.41) is 15.0. The lowest BCUT2D eigenvalue weighted by Crippen LogP contribution is -2.58. The van der Waals surface area contributed by atoms with Crippen LogP contribution in [0.15, 0.2) is 0 Å². The van der Waals surface area contributed by atoms with E-state index >= 15 is 0 Å². The van der Waals surface area contributed by atoms with Crippen LogP contribution in [0.1, 0.15) is 65.7 Å². The SMILES string of the molecule is CC(C)CCC(C)NC(=O)NC1(C(=O)O)CCCCC1. The Bertz CT molecular complexity index is 336. The molecule has 5 nitrogen and oxygen atoms in total. The fraction of sp³-hybridized carbons (Fsp3) is 0.867. The van der Waals surface area contributed by atoms with Gasteiger partial charge < -0.3 is 15.7 Å². The van der Waals surface area contributed by atoms with Gasteiger partial charge in [0.1, 0.15) is 5.54 Å². The van der Waals surface area contributed by atoms with Gasteiger partial charge in [0, 0.05) is 6.04 Å². The first-order chi connectivity index (χ1) is 9.35. The summed E-state index contributed by atoms with van der Waals surface area (Å²) >= 11 is 0. The molecule has 0 saturated heterocycles. The second-order valence-corrected chi connectivity index (χ2v) is 6.42. The summed E-state index contributed by atoms with van der Waals surface area (Å²) in [4.78, 5) is 23.5. The Hall–Kier alpha value is -1.26. The summed E-state index contributed by atoms with van der Waals surface area (Å²) in [6, 6.07) is -0.294. The zero-order chi connectivity index (χ0) is 15.2. The number of amides is 2. The lowest BCUT2D eigenvalue weighted by molar-refractivity contribution is -0.145. The van der Waals surface area contributed by atoms with Gasteiger partial charge >= 0.3 is 12.0 Å². The Balaban J connectivity index is 2.48. The van der Waals surface area contributed by atoms with Crippen LogP contribution in [0.25, 0.3) is 0 Å². The number of urea groups is 1. The molecule has 0 aromatic carbocycles. The van der Waals surface area contributed by atoms with Gasteiger partial charge in [-0.3, -0.25) is 0 Å². The number of hydrogen-bond donors (Lipinski definition) is 3. The van der Waals surface area contributed by atoms with E-state index in [0.717, 1.165) is 32.1 Å². The minimum atomic E-state index is -1.07. The standard InChI is InChI=1S/C15H28N2O3/c1-11(2)7-8-12(3)16-14(20)17-15(13(18)19)9-5-4-6-10-15/h11-12H,4-10H2,1-3H3,(H,18,19)(H2,16,17,20). The molecule has 5 heteroatoms. The van der Waals surface area contributed by atoms with Crippen LogP contribution in [0.2, 0.25) is 0 Å². The van der Waals surface area contributed by atoms with Crippen LogP contribution in [0.5, 0.6) is 0 Å². The molecule has 116 valence electrons. The van der Waals surface area contributed by atoms with Crippen molar-refractivity contribution in [3.63, 3.8) is 0 Å². The maximum Gasteiger partial charge on any atom is 0.329 e. The van der Waals surface area contributed by atoms with Gasteiger partial charge in [0.2, 0.25) is 0 Å². The number of nitrogens with one attached hydrogen (secondary N) is 2. The highest BCUT2D eigenvalue weighted by molar-refractivity contribution is 5.86. The fourth-order valence-electron chi connectivity index (χ4n) is 2.68. The van der Waals surface area contributed by atoms with E-state index in [1.807, 2.05) is 6.92 Å². The number of carbonyl (C=O) groups excluding carboxylic acids is 1. The third-order valence-corrected chi connectivity index (χ3v) is 4.02. The van der Waals surface area contributed by atoms with Crippen molar-refractivity contribution in [3.8, 4) is 0 Å². The van der Waals surface area contributed by atoms with Crippen LogP contribution in [0.4, 0.5) is 4.79 Å². The Labute approximate surface area is 121 Å². The summed E-state index contributed by atoms with van der Waals surface area (Å²) in [5.41, 5.74) is -1.07. The van der Waals surface area contributed by atoms with E-state index in [9.17, 15) is 14.7 Å². The smallest absolute Gasteiger partial charge is 0.329 e. The maximum atomic E-state index is 12.0. The van der Waals surface area contributed by atoms with Crippen molar-refractivity contribution in [3.05, 3.63) is 0 Å². The van der Waals surface area contributed by atoms with Crippen molar-refractivity contribution in [2.75, 3.05) is 0 Å². The Morgan fingerprint density at radius 1 is 1.10 bits per heavy atom. The van der Waals surface area contributed by atoms with Crippen LogP contribution in [0, 0.1) is 5.92 Å². The molecule has 2 amide bonds. The van der Waals surface area contributed by atoms with Crippen LogP contribution in [-0.4, -0.2) is 28.7 Å². The largest absolute Gasteiger partial charge is 0.480 e. The third-order valence-electron chi connectivity index (χ3n) is 4.02. The van der Waals surface area contributed by atoms with Crippen molar-refractivity contribution < 1.29 is 14.7 Å². The molecule has 1 fully saturated rings. The molecule has 0 heterocycles. The van der Waals surface area contributed by atoms with E-state index in [1.165, 1.54) is 0 Å². The first kappa shape index (κ1) is 16.8. The molecule has 0 aromatic rings. The van der Waals surface area contributed by atoms with Gasteiger partial charge in [0.15, 0.2) is 0 Å². The van der Waals surface area contributed by atoms with Crippen molar-refractivity contribution in [1.82, 2.24) is 10.6 Å². The Morgan fingerprint density at radius 2 is 1.70 bits per heavy atom. The van der Waals surface area contributed by atoms with Gasteiger partial charge in [-0.2, -0.15) is 0 Å². The van der Waals surface area contributed by atoms with Gasteiger partial charge in [0.05, 0.1) is 0 Å². The van der Waals surface area contributed by atoms with Gasteiger partial charge in [-0.25, -0.2) is 9.59 Å². The van der Waals surface area contributed by atoms with E-state index in [0.29, 0.717) is 18.8 Å². The van der Waals surface area contributed by atoms with E-state index in [1.54, 1.807) is 0 Å². The first-order valence-electron chi connectivity index (χ1n) is 7.68. The second-order valence-electron chi connectivity index (χ2n) is 6.42. The first-order valence-corrected chi connectivity index (χ1v) is 7.68. The maximum absolute atomic E-state index is 12.0. The molecule has 3 N–H and O–H groups in total. The van der Waals surface area contributed by atoms with E-state index in [2.05, 4.69) is 24.5 Å². The van der Waals surface area contributed by atoms with Gasteiger partial charge in [-0.1, -0.05) is 33.1 Å². The van der Waals surface area contributed by atoms with E-state index in [4.69, 9.17) is 0 Å². The van der Waals surface area contributed by atoms with Crippen LogP contribution in [-0.2, 0) is 4.79 Å². The number of carbonyl (C=O) groups is 2. The van der Waals surface area contributed by atoms with Crippen molar-refractivity contribution in [2.45, 2.75) is 77.3 Å². The van der Waals surface area contributed by atoms with Crippen LogP contribution >= 0.6 is 0 Å². The molecular weight excluding hydrogens is 256 g/mol. The van der Waals surface area contributed by atoms with Crippen molar-refractivity contribution in [2.24, 2.45) is 5.92 Å². The minimum Gasteiger partial charge on any atom is -0.480 e. The third kappa shape index (κ3) is 5.02. The molecule has 0 aliphatic heterocycles. The van der Waals surface area contributed by atoms with Gasteiger partial charge in [-0.05, 0) is 38.5 Å². The molecule has 20 heavy (non-hydrogen) atoms. The number of hydrogen-bond acceptors (Lipinski definition) is 2. The monoisotopic (exact) mass is 284 g/mol. The zero-order valence-corrected chi connectivity index (χ0v) is 12.9. The molecule has 1 atom stereocenters. The summed E-state index contributed by atoms with van der Waals surface area (Å²) in [6.45, 7) is 6.25. The molecular formula is C15H28N2O3. The molecule has 1 aliphatic rings. The highest BCUT2D eigenvalue weighted by Crippen LogP contribution is 2.28. The fourth-order valence-corrected chi connectivity index (χ4v) is 2.68. The molecule has 1 aliphatic carbocycles. The molecule has 1 saturated carbocycles. The Morgan fingerprint density at radius 3 is 2.20 bits per heavy atom. The van der Waals surface area contributed by atoms with Gasteiger partial charge in [0.25, 0.3) is 0 Å². The van der Waals surface area contributed by atoms with Crippen LogP contribution in [0.3, 0.4) is 0 Å². The number of aliphatic carboxylic acids is 1. The normalized spacial score (nSPS) is 19.4. The lowest BCUT2D eigenvalue weighted by Gasteiger charge is -2.34. The predicted octanol–water partition coefficient (Wildman–Crippen LogP) is 2.90. The average Bonchev–Trinajstić information content (AvgIpc) is 2.37. The van der Waals surface area contributed by atoms with Crippen molar-refractivity contribution >= 4 is 12.0 Å². The molecule has 0 spiro atoms. The zero-order valence-electron chi connectivity index (χ0n) is 12.9. The predicted molar refractivity (Wildman–Crippen MR) is 78.7 cm³/mol. The minimum absolute atomic E-state index is 0.0619. The molecule has 0 aromatic heterocycles. The highest BCUT2D eigenvalue weighted by atomic mass is 16.4. The average molecular weight is 284 g/mol. The second kappa shape index (κ2) is 7.50. The number of rotatable bonds is 6. The van der Waals surface area contributed by atoms with Crippen molar-refractivity contribution in [1.29, 1.82) is 0 Å². The highest BCUT2D eigenvalue weighted by Gasteiger charge is 2.41. The molecule has 1 unspecified atom stereocenters.